The molecule has 152 valence electrons. The van der Waals surface area contributed by atoms with Crippen LogP contribution in [-0.4, -0.2) is 31.3 Å². The first-order valence-electron chi connectivity index (χ1n) is 10.1. The average molecular weight is 379 g/mol. The third kappa shape index (κ3) is 12.2. The van der Waals surface area contributed by atoms with E-state index in [1.165, 1.54) is 0 Å². The van der Waals surface area contributed by atoms with E-state index in [1.54, 1.807) is 0 Å². The summed E-state index contributed by atoms with van der Waals surface area (Å²) in [5.41, 5.74) is 1.04. The average Bonchev–Trinajstić information content (AvgIpc) is 2.67. The molecule has 0 aromatic heterocycles. The summed E-state index contributed by atoms with van der Waals surface area (Å²) in [5, 5.41) is 0. The highest BCUT2D eigenvalue weighted by molar-refractivity contribution is 5.70. The maximum Gasteiger partial charge on any atom is 0.306 e. The van der Waals surface area contributed by atoms with Crippen LogP contribution >= 0.6 is 0 Å². The van der Waals surface area contributed by atoms with Crippen LogP contribution in [0.2, 0.25) is 0 Å². The molecule has 5 heteroatoms. The number of carbonyl (C=O) groups excluding carboxylic acids is 2. The molecular weight excluding hydrogens is 344 g/mol. The van der Waals surface area contributed by atoms with E-state index < -0.39 is 6.10 Å². The second-order valence-corrected chi connectivity index (χ2v) is 6.71. The number of hydrogen-bond donors (Lipinski definition) is 0. The summed E-state index contributed by atoms with van der Waals surface area (Å²) >= 11 is 0. The molecule has 0 aliphatic heterocycles. The highest BCUT2D eigenvalue weighted by atomic mass is 16.6. The van der Waals surface area contributed by atoms with Crippen molar-refractivity contribution in [3.05, 3.63) is 35.9 Å². The predicted octanol–water partition coefficient (Wildman–Crippen LogP) is 4.82. The Balaban J connectivity index is 2.41. The zero-order chi connectivity index (χ0) is 19.7. The number of rotatable bonds is 15. The Morgan fingerprint density at radius 1 is 0.852 bits per heavy atom. The molecule has 1 aromatic rings. The summed E-state index contributed by atoms with van der Waals surface area (Å²) in [6.45, 7) is 4.85. The summed E-state index contributed by atoms with van der Waals surface area (Å²) in [6.07, 6.45) is 5.94. The maximum atomic E-state index is 12.0. The molecular formula is C22H34O5. The van der Waals surface area contributed by atoms with Gasteiger partial charge >= 0.3 is 11.9 Å². The van der Waals surface area contributed by atoms with Gasteiger partial charge in [0.05, 0.1) is 13.2 Å². The summed E-state index contributed by atoms with van der Waals surface area (Å²) in [5.74, 6) is -0.516. The van der Waals surface area contributed by atoms with Crippen LogP contribution in [0.1, 0.15) is 70.8 Å². The van der Waals surface area contributed by atoms with Crippen LogP contribution in [0.5, 0.6) is 0 Å². The summed E-state index contributed by atoms with van der Waals surface area (Å²) in [7, 11) is 0. The van der Waals surface area contributed by atoms with Crippen molar-refractivity contribution >= 4 is 11.9 Å². The topological polar surface area (TPSA) is 61.8 Å². The lowest BCUT2D eigenvalue weighted by Crippen LogP contribution is -2.29. The quantitative estimate of drug-likeness (QED) is 0.323. The molecule has 1 aromatic carbocycles. The Labute approximate surface area is 163 Å². The lowest BCUT2D eigenvalue weighted by atomic mass is 10.2. The van der Waals surface area contributed by atoms with Crippen molar-refractivity contribution in [2.75, 3.05) is 13.2 Å². The monoisotopic (exact) mass is 378 g/mol. The highest BCUT2D eigenvalue weighted by Gasteiger charge is 2.17. The molecule has 0 aliphatic rings. The van der Waals surface area contributed by atoms with Gasteiger partial charge in [-0.2, -0.15) is 0 Å². The van der Waals surface area contributed by atoms with Gasteiger partial charge in [0.25, 0.3) is 0 Å². The number of hydrogen-bond acceptors (Lipinski definition) is 5. The normalized spacial score (nSPS) is 11.8. The van der Waals surface area contributed by atoms with Crippen LogP contribution in [0, 0.1) is 0 Å². The summed E-state index contributed by atoms with van der Waals surface area (Å²) < 4.78 is 16.4. The van der Waals surface area contributed by atoms with Crippen molar-refractivity contribution < 1.29 is 23.8 Å². The first-order chi connectivity index (χ1) is 13.2. The lowest BCUT2D eigenvalue weighted by molar-refractivity contribution is -0.163. The van der Waals surface area contributed by atoms with Crippen LogP contribution in [0.4, 0.5) is 0 Å². The van der Waals surface area contributed by atoms with Crippen molar-refractivity contribution in [2.24, 2.45) is 0 Å². The first-order valence-corrected chi connectivity index (χ1v) is 10.1. The molecule has 0 saturated carbocycles. The lowest BCUT2D eigenvalue weighted by Gasteiger charge is -2.18. The highest BCUT2D eigenvalue weighted by Crippen LogP contribution is 2.07. The van der Waals surface area contributed by atoms with Crippen molar-refractivity contribution in [1.82, 2.24) is 0 Å². The minimum absolute atomic E-state index is 0.0409. The van der Waals surface area contributed by atoms with E-state index in [-0.39, 0.29) is 25.2 Å². The van der Waals surface area contributed by atoms with E-state index >= 15 is 0 Å². The fourth-order valence-corrected chi connectivity index (χ4v) is 2.54. The molecule has 0 aliphatic carbocycles. The molecule has 0 fully saturated rings. The molecule has 0 amide bonds. The van der Waals surface area contributed by atoms with E-state index in [0.29, 0.717) is 19.4 Å². The van der Waals surface area contributed by atoms with Gasteiger partial charge in [-0.25, -0.2) is 0 Å². The molecule has 0 N–H and O–H groups in total. The summed E-state index contributed by atoms with van der Waals surface area (Å²) in [6, 6.07) is 9.78. The van der Waals surface area contributed by atoms with Crippen LogP contribution < -0.4 is 0 Å². The van der Waals surface area contributed by atoms with Gasteiger partial charge in [0.2, 0.25) is 0 Å². The zero-order valence-corrected chi connectivity index (χ0v) is 16.8. The second kappa shape index (κ2) is 15.2. The van der Waals surface area contributed by atoms with Crippen LogP contribution in [-0.2, 0) is 30.4 Å². The second-order valence-electron chi connectivity index (χ2n) is 6.71. The molecule has 0 radical (unpaired) electrons. The molecule has 5 nitrogen and oxygen atoms in total. The SMILES string of the molecule is CCCCCC(=O)OC[C@H](COCc1ccccc1)OC(=O)CCCCC. The third-order valence-electron chi connectivity index (χ3n) is 4.11. The summed E-state index contributed by atoms with van der Waals surface area (Å²) in [4.78, 5) is 23.8. The van der Waals surface area contributed by atoms with Gasteiger partial charge in [0.1, 0.15) is 6.61 Å². The van der Waals surface area contributed by atoms with E-state index in [0.717, 1.165) is 44.1 Å². The van der Waals surface area contributed by atoms with Gasteiger partial charge in [-0.1, -0.05) is 69.9 Å². The van der Waals surface area contributed by atoms with Gasteiger partial charge in [0.15, 0.2) is 6.10 Å². The molecule has 0 saturated heterocycles. The smallest absolute Gasteiger partial charge is 0.306 e. The van der Waals surface area contributed by atoms with Gasteiger partial charge in [0, 0.05) is 12.8 Å². The Morgan fingerprint density at radius 2 is 1.48 bits per heavy atom. The standard InChI is InChI=1S/C22H34O5/c1-3-5-8-14-21(23)26-18-20(27-22(24)15-9-6-4-2)17-25-16-19-12-10-7-11-13-19/h7,10-13,20H,3-6,8-9,14-18H2,1-2H3/t20-/m0/s1. The molecule has 1 rings (SSSR count). The van der Waals surface area contributed by atoms with Crippen LogP contribution in [0.3, 0.4) is 0 Å². The third-order valence-corrected chi connectivity index (χ3v) is 4.11. The van der Waals surface area contributed by atoms with Gasteiger partial charge in [-0.3, -0.25) is 9.59 Å². The van der Waals surface area contributed by atoms with Crippen molar-refractivity contribution in [1.29, 1.82) is 0 Å². The van der Waals surface area contributed by atoms with Crippen molar-refractivity contribution in [3.63, 3.8) is 0 Å². The number of carbonyl (C=O) groups is 2. The van der Waals surface area contributed by atoms with E-state index in [9.17, 15) is 9.59 Å². The van der Waals surface area contributed by atoms with Crippen molar-refractivity contribution in [2.45, 2.75) is 77.9 Å². The molecule has 0 spiro atoms. The van der Waals surface area contributed by atoms with E-state index in [1.807, 2.05) is 30.3 Å². The Kier molecular flexibility index (Phi) is 13.0. The van der Waals surface area contributed by atoms with Crippen molar-refractivity contribution in [3.8, 4) is 0 Å². The Bertz CT molecular complexity index is 515. The predicted molar refractivity (Wildman–Crippen MR) is 105 cm³/mol. The van der Waals surface area contributed by atoms with Gasteiger partial charge < -0.3 is 14.2 Å². The number of esters is 2. The van der Waals surface area contributed by atoms with Crippen LogP contribution in [0.15, 0.2) is 30.3 Å². The minimum atomic E-state index is -0.571. The molecule has 27 heavy (non-hydrogen) atoms. The first kappa shape index (κ1) is 23.2. The maximum absolute atomic E-state index is 12.0. The fraction of sp³-hybridized carbons (Fsp3) is 0.636. The fourth-order valence-electron chi connectivity index (χ4n) is 2.54. The molecule has 0 heterocycles. The largest absolute Gasteiger partial charge is 0.462 e. The number of ether oxygens (including phenoxy) is 3. The number of benzene rings is 1. The van der Waals surface area contributed by atoms with E-state index in [4.69, 9.17) is 14.2 Å². The Morgan fingerprint density at radius 3 is 2.11 bits per heavy atom. The molecule has 0 unspecified atom stereocenters. The Hall–Kier alpha value is -1.88. The van der Waals surface area contributed by atoms with Crippen LogP contribution in [0.25, 0.3) is 0 Å². The van der Waals surface area contributed by atoms with E-state index in [2.05, 4.69) is 13.8 Å². The van der Waals surface area contributed by atoms with Gasteiger partial charge in [-0.15, -0.1) is 0 Å². The molecule has 1 atom stereocenters. The zero-order valence-electron chi connectivity index (χ0n) is 16.8. The van der Waals surface area contributed by atoms with Gasteiger partial charge in [-0.05, 0) is 18.4 Å². The molecule has 0 bridgehead atoms. The minimum Gasteiger partial charge on any atom is -0.462 e. The number of unbranched alkanes of at least 4 members (excludes halogenated alkanes) is 4.